The molecule has 52 heavy (non-hydrogen) atoms. The van der Waals surface area contributed by atoms with Crippen LogP contribution in [-0.4, -0.2) is 34.2 Å². The smallest absolute Gasteiger partial charge is 0.341 e. The third-order valence-corrected chi connectivity index (χ3v) is 11.4. The first-order valence-electron chi connectivity index (χ1n) is 17.2. The molecule has 0 N–H and O–H groups in total. The zero-order valence-electron chi connectivity index (χ0n) is 30.0. The van der Waals surface area contributed by atoms with Gasteiger partial charge in [-0.3, -0.25) is 0 Å². The van der Waals surface area contributed by atoms with Gasteiger partial charge < -0.3 is 14.5 Å². The molecule has 1 heterocycles. The molecule has 6 rings (SSSR count). The summed E-state index contributed by atoms with van der Waals surface area (Å²) in [5.74, 6) is -0.653. The number of esters is 1. The first kappa shape index (κ1) is 37.6. The number of hydrogen-bond acceptors (Lipinski definition) is 4. The van der Waals surface area contributed by atoms with Crippen LogP contribution in [0.1, 0.15) is 63.1 Å². The molecule has 0 atom stereocenters. The van der Waals surface area contributed by atoms with Crippen LogP contribution in [0.3, 0.4) is 0 Å². The van der Waals surface area contributed by atoms with Gasteiger partial charge in [-0.1, -0.05) is 133 Å². The van der Waals surface area contributed by atoms with Crippen molar-refractivity contribution < 1.29 is 9.53 Å². The number of anilines is 2. The van der Waals surface area contributed by atoms with Crippen molar-refractivity contribution in [3.63, 3.8) is 0 Å². The second kappa shape index (κ2) is 15.4. The van der Waals surface area contributed by atoms with Gasteiger partial charge in [-0.05, 0) is 93.8 Å². The Kier molecular flexibility index (Phi) is 11.1. The van der Waals surface area contributed by atoms with Crippen LogP contribution in [0, 0.1) is 0 Å². The van der Waals surface area contributed by atoms with Crippen molar-refractivity contribution in [3.8, 4) is 0 Å². The Morgan fingerprint density at radius 2 is 0.904 bits per heavy atom. The van der Waals surface area contributed by atoms with Crippen LogP contribution in [0.15, 0.2) is 109 Å². The Morgan fingerprint density at radius 1 is 0.558 bits per heavy atom. The van der Waals surface area contributed by atoms with E-state index < -0.39 is 11.6 Å². The number of hydrogen-bond donors (Lipinski definition) is 0. The van der Waals surface area contributed by atoms with Crippen molar-refractivity contribution in [3.05, 3.63) is 174 Å². The second-order valence-electron chi connectivity index (χ2n) is 13.3. The molecule has 0 unspecified atom stereocenters. The fraction of sp³-hybridized carbons (Fsp3) is 0.205. The highest BCUT2D eigenvalue weighted by molar-refractivity contribution is 6.53. The van der Waals surface area contributed by atoms with Crippen molar-refractivity contribution in [1.82, 2.24) is 0 Å². The number of rotatable bonds is 10. The molecule has 5 aromatic carbocycles. The zero-order chi connectivity index (χ0) is 37.3. The molecule has 0 radical (unpaired) electrons. The van der Waals surface area contributed by atoms with E-state index in [4.69, 9.17) is 51.1 Å². The lowest BCUT2D eigenvalue weighted by atomic mass is 9.82. The number of halogens is 4. The Balaban J connectivity index is 1.74. The van der Waals surface area contributed by atoms with Crippen LogP contribution in [-0.2, 0) is 23.2 Å². The Bertz CT molecular complexity index is 2060. The van der Waals surface area contributed by atoms with E-state index >= 15 is 0 Å². The Hall–Kier alpha value is -4.19. The molecule has 0 amide bonds. The maximum Gasteiger partial charge on any atom is 0.341 e. The zero-order valence-corrected chi connectivity index (χ0v) is 33.1. The number of benzene rings is 5. The van der Waals surface area contributed by atoms with Gasteiger partial charge >= 0.3 is 5.97 Å². The summed E-state index contributed by atoms with van der Waals surface area (Å²) in [6.07, 6.45) is 5.72. The van der Waals surface area contributed by atoms with E-state index in [9.17, 15) is 4.79 Å². The number of fused-ring (bicyclic) bond motifs is 1. The van der Waals surface area contributed by atoms with Gasteiger partial charge in [0.1, 0.15) is 0 Å². The van der Waals surface area contributed by atoms with Gasteiger partial charge in [-0.25, -0.2) is 4.79 Å². The van der Waals surface area contributed by atoms with E-state index in [0.29, 0.717) is 5.56 Å². The van der Waals surface area contributed by atoms with Crippen molar-refractivity contribution in [2.75, 3.05) is 38.0 Å². The molecule has 1 aliphatic heterocycles. The Labute approximate surface area is 326 Å². The Morgan fingerprint density at radius 3 is 1.25 bits per heavy atom. The summed E-state index contributed by atoms with van der Waals surface area (Å²) in [5.41, 5.74) is 8.69. The lowest BCUT2D eigenvalue weighted by Gasteiger charge is -2.27. The largest absolute Gasteiger partial charge is 0.442 e. The lowest BCUT2D eigenvalue weighted by molar-refractivity contribution is 0.0300. The molecule has 5 aromatic rings. The number of ether oxygens (including phenoxy) is 1. The van der Waals surface area contributed by atoms with Crippen molar-refractivity contribution in [1.29, 1.82) is 0 Å². The topological polar surface area (TPSA) is 32.8 Å². The fourth-order valence-corrected chi connectivity index (χ4v) is 7.58. The lowest BCUT2D eigenvalue weighted by Crippen LogP contribution is -2.23. The van der Waals surface area contributed by atoms with Crippen molar-refractivity contribution in [2.45, 2.75) is 32.3 Å². The number of carbonyl (C=O) groups is 1. The standard InChI is InChI=1S/C44H40Cl4N2O2/c1-7-27-9-13-29(14-10-27)35(31-17-21-33(22-18-31)49(3)4)25-44(38-37(43(51)52-44)39(45)41(47)42(48)40(38)46)26-36(30-15-11-28(8-2)12-16-30)32-19-23-34(24-20-32)50(5)6/h9-26H,7-8H2,1-6H3/b35-25+,36-26+. The van der Waals surface area contributed by atoms with Crippen LogP contribution in [0.25, 0.3) is 11.1 Å². The molecule has 266 valence electrons. The van der Waals surface area contributed by atoms with Gasteiger partial charge in [0.05, 0.1) is 25.7 Å². The molecule has 8 heteroatoms. The van der Waals surface area contributed by atoms with Gasteiger partial charge in [0.15, 0.2) is 5.60 Å². The SMILES string of the molecule is CCc1ccc(/C(=C\C2(/C=C(\c3ccc(CC)cc3)c3ccc(N(C)C)cc3)OC(=O)c3c(Cl)c(Cl)c(Cl)c(Cl)c32)c2ccc(N(C)C)cc2)cc1. The van der Waals surface area contributed by atoms with Gasteiger partial charge in [-0.15, -0.1) is 0 Å². The minimum Gasteiger partial charge on any atom is -0.442 e. The van der Waals surface area contributed by atoms with Crippen LogP contribution in [0.2, 0.25) is 20.1 Å². The number of cyclic esters (lactones) is 1. The molecule has 0 saturated carbocycles. The van der Waals surface area contributed by atoms with Crippen molar-refractivity contribution in [2.24, 2.45) is 0 Å². The summed E-state index contributed by atoms with van der Waals surface area (Å²) in [7, 11) is 8.02. The summed E-state index contributed by atoms with van der Waals surface area (Å²) >= 11 is 27.3. The summed E-state index contributed by atoms with van der Waals surface area (Å²) in [6.45, 7) is 4.25. The van der Waals surface area contributed by atoms with Crippen LogP contribution >= 0.6 is 46.4 Å². The van der Waals surface area contributed by atoms with E-state index in [1.165, 1.54) is 11.1 Å². The third kappa shape index (κ3) is 7.23. The molecule has 0 saturated heterocycles. The molecular formula is C44H40Cl4N2O2. The molecule has 0 fully saturated rings. The normalized spacial score (nSPS) is 13.9. The molecule has 1 aliphatic rings. The summed E-state index contributed by atoms with van der Waals surface area (Å²) in [4.78, 5) is 18.2. The highest BCUT2D eigenvalue weighted by Gasteiger charge is 2.48. The molecule has 4 nitrogen and oxygen atoms in total. The van der Waals surface area contributed by atoms with Crippen molar-refractivity contribution >= 4 is 74.9 Å². The van der Waals surface area contributed by atoms with Crippen LogP contribution < -0.4 is 9.80 Å². The third-order valence-electron chi connectivity index (χ3n) is 9.58. The minimum atomic E-state index is -1.57. The number of nitrogens with zero attached hydrogens (tertiary/aromatic N) is 2. The first-order valence-corrected chi connectivity index (χ1v) is 18.7. The monoisotopic (exact) mass is 768 g/mol. The maximum atomic E-state index is 14.1. The van der Waals surface area contributed by atoms with Crippen LogP contribution in [0.4, 0.5) is 11.4 Å². The van der Waals surface area contributed by atoms with E-state index in [-0.39, 0.29) is 25.7 Å². The second-order valence-corrected chi connectivity index (χ2v) is 14.8. The van der Waals surface area contributed by atoms with E-state index in [1.807, 2.05) is 50.1 Å². The minimum absolute atomic E-state index is 0.00269. The highest BCUT2D eigenvalue weighted by Crippen LogP contribution is 2.53. The number of carbonyl (C=O) groups excluding carboxylic acids is 1. The van der Waals surface area contributed by atoms with E-state index in [1.54, 1.807) is 0 Å². The number of aryl methyl sites for hydroxylation is 2. The average molecular weight is 771 g/mol. The van der Waals surface area contributed by atoms with Gasteiger partial charge in [0.25, 0.3) is 0 Å². The maximum absolute atomic E-state index is 14.1. The van der Waals surface area contributed by atoms with E-state index in [2.05, 4.69) is 111 Å². The quantitative estimate of drug-likeness (QED) is 0.0804. The molecular weight excluding hydrogens is 730 g/mol. The van der Waals surface area contributed by atoms with Gasteiger partial charge in [0, 0.05) is 45.1 Å². The summed E-state index contributed by atoms with van der Waals surface area (Å²) in [5, 5.41) is 0.131. The predicted octanol–water partition coefficient (Wildman–Crippen LogP) is 12.2. The summed E-state index contributed by atoms with van der Waals surface area (Å²) < 4.78 is 6.56. The van der Waals surface area contributed by atoms with Gasteiger partial charge in [-0.2, -0.15) is 0 Å². The first-order chi connectivity index (χ1) is 24.9. The highest BCUT2D eigenvalue weighted by atomic mass is 35.5. The molecule has 0 spiro atoms. The molecule has 0 bridgehead atoms. The van der Waals surface area contributed by atoms with Gasteiger partial charge in [0.2, 0.25) is 0 Å². The summed E-state index contributed by atoms with van der Waals surface area (Å²) in [6, 6.07) is 33.3. The predicted molar refractivity (Wildman–Crippen MR) is 221 cm³/mol. The van der Waals surface area contributed by atoms with Crippen LogP contribution in [0.5, 0.6) is 0 Å². The molecule has 0 aliphatic carbocycles. The van der Waals surface area contributed by atoms with E-state index in [0.717, 1.165) is 57.6 Å². The average Bonchev–Trinajstić information content (AvgIpc) is 3.45. The fourth-order valence-electron chi connectivity index (χ4n) is 6.50. The molecule has 0 aromatic heterocycles.